The lowest BCUT2D eigenvalue weighted by atomic mass is 10.3. The first kappa shape index (κ1) is 16.8. The van der Waals surface area contributed by atoms with Gasteiger partial charge in [-0.1, -0.05) is 39.1 Å². The van der Waals surface area contributed by atoms with Crippen molar-refractivity contribution in [1.82, 2.24) is 9.88 Å². The Morgan fingerprint density at radius 1 is 1.42 bits per heavy atom. The maximum atomic E-state index is 11.0. The van der Waals surface area contributed by atoms with E-state index in [-0.39, 0.29) is 11.7 Å². The Kier molecular flexibility index (Phi) is 6.62. The SMILES string of the molecule is Cn1cc(Cl)cc(Br)c1=O.NC1NC=C(Cl)C=C1Br. The molecule has 1 atom stereocenters. The number of hydrogen-bond acceptors (Lipinski definition) is 3. The molecular weight excluding hydrogens is 421 g/mol. The van der Waals surface area contributed by atoms with Crippen molar-refractivity contribution in [3.05, 3.63) is 53.9 Å². The predicted molar refractivity (Wildman–Crippen MR) is 86.5 cm³/mol. The number of allylic oxidation sites excluding steroid dienone is 2. The monoisotopic (exact) mass is 429 g/mol. The normalized spacial score (nSPS) is 17.7. The second-order valence-electron chi connectivity index (χ2n) is 3.63. The summed E-state index contributed by atoms with van der Waals surface area (Å²) in [6, 6.07) is 1.57. The van der Waals surface area contributed by atoms with Crippen LogP contribution >= 0.6 is 55.1 Å². The molecule has 0 aromatic carbocycles. The largest absolute Gasteiger partial charge is 0.371 e. The van der Waals surface area contributed by atoms with Gasteiger partial charge < -0.3 is 15.6 Å². The van der Waals surface area contributed by atoms with Crippen molar-refractivity contribution in [2.45, 2.75) is 6.17 Å². The summed E-state index contributed by atoms with van der Waals surface area (Å²) >= 11 is 17.6. The average Bonchev–Trinajstić information content (AvgIpc) is 2.32. The first-order chi connectivity index (χ1) is 8.81. The molecule has 104 valence electrons. The first-order valence-electron chi connectivity index (χ1n) is 5.07. The molecule has 3 N–H and O–H groups in total. The van der Waals surface area contributed by atoms with Gasteiger partial charge in [-0.3, -0.25) is 4.79 Å². The Hall–Kier alpha value is -0.270. The van der Waals surface area contributed by atoms with E-state index in [9.17, 15) is 4.79 Å². The molecule has 2 rings (SSSR count). The van der Waals surface area contributed by atoms with E-state index in [0.29, 0.717) is 14.5 Å². The molecule has 4 nitrogen and oxygen atoms in total. The lowest BCUT2D eigenvalue weighted by Gasteiger charge is -2.14. The zero-order chi connectivity index (χ0) is 14.6. The molecule has 0 aliphatic carbocycles. The van der Waals surface area contributed by atoms with Gasteiger partial charge in [0.2, 0.25) is 0 Å². The standard InChI is InChI=1S/C6H5BrClNO.C5H6BrClN2/c1-9-3-4(8)2-5(7)6(9)10;6-4-1-3(7)2-9-5(4)8/h2-3H,1H3;1-2,5,9H,8H2. The second-order valence-corrected chi connectivity index (χ2v) is 6.27. The van der Waals surface area contributed by atoms with Crippen LogP contribution in [0.25, 0.3) is 0 Å². The number of hydrogen-bond donors (Lipinski definition) is 2. The highest BCUT2D eigenvalue weighted by atomic mass is 79.9. The smallest absolute Gasteiger partial charge is 0.264 e. The fourth-order valence-corrected chi connectivity index (χ4v) is 2.75. The third-order valence-electron chi connectivity index (χ3n) is 2.08. The van der Waals surface area contributed by atoms with Gasteiger partial charge in [0.25, 0.3) is 5.56 Å². The van der Waals surface area contributed by atoms with Crippen LogP contribution in [0.15, 0.2) is 43.3 Å². The van der Waals surface area contributed by atoms with E-state index in [1.165, 1.54) is 4.57 Å². The lowest BCUT2D eigenvalue weighted by molar-refractivity contribution is 0.718. The van der Waals surface area contributed by atoms with Crippen LogP contribution in [-0.4, -0.2) is 10.7 Å². The van der Waals surface area contributed by atoms with Gasteiger partial charge in [0.15, 0.2) is 0 Å². The molecule has 1 aromatic rings. The molecular formula is C11H11Br2Cl2N3O. The Morgan fingerprint density at radius 2 is 2.05 bits per heavy atom. The summed E-state index contributed by atoms with van der Waals surface area (Å²) in [5, 5.41) is 4.06. The molecule has 19 heavy (non-hydrogen) atoms. The van der Waals surface area contributed by atoms with Crippen molar-refractivity contribution in [3.63, 3.8) is 0 Å². The van der Waals surface area contributed by atoms with E-state index >= 15 is 0 Å². The average molecular weight is 432 g/mol. The molecule has 0 bridgehead atoms. The summed E-state index contributed by atoms with van der Waals surface area (Å²) in [6.45, 7) is 0. The number of aryl methyl sites for hydroxylation is 1. The molecule has 2 heterocycles. The van der Waals surface area contributed by atoms with Crippen LogP contribution in [0.5, 0.6) is 0 Å². The third kappa shape index (κ3) is 5.31. The van der Waals surface area contributed by atoms with Crippen molar-refractivity contribution in [2.24, 2.45) is 12.8 Å². The molecule has 1 aliphatic heterocycles. The van der Waals surface area contributed by atoms with Crippen molar-refractivity contribution in [1.29, 1.82) is 0 Å². The Balaban J connectivity index is 0.000000191. The maximum absolute atomic E-state index is 11.0. The number of nitrogens with two attached hydrogens (primary N) is 1. The zero-order valence-electron chi connectivity index (χ0n) is 9.83. The minimum Gasteiger partial charge on any atom is -0.371 e. The van der Waals surface area contributed by atoms with E-state index in [4.69, 9.17) is 28.9 Å². The highest BCUT2D eigenvalue weighted by Gasteiger charge is 2.07. The van der Waals surface area contributed by atoms with Crippen LogP contribution < -0.4 is 16.6 Å². The third-order valence-corrected chi connectivity index (χ3v) is 3.80. The number of dihydropyridines is 1. The summed E-state index contributed by atoms with van der Waals surface area (Å²) in [5.41, 5.74) is 5.43. The van der Waals surface area contributed by atoms with Gasteiger partial charge >= 0.3 is 0 Å². The highest BCUT2D eigenvalue weighted by molar-refractivity contribution is 9.11. The van der Waals surface area contributed by atoms with Crippen LogP contribution in [0.3, 0.4) is 0 Å². The number of rotatable bonds is 0. The fraction of sp³-hybridized carbons (Fsp3) is 0.182. The van der Waals surface area contributed by atoms with Gasteiger partial charge in [-0.15, -0.1) is 0 Å². The molecule has 0 fully saturated rings. The lowest BCUT2D eigenvalue weighted by Crippen LogP contribution is -2.35. The topological polar surface area (TPSA) is 60.0 Å². The van der Waals surface area contributed by atoms with Gasteiger partial charge in [-0.05, 0) is 28.1 Å². The summed E-state index contributed by atoms with van der Waals surface area (Å²) in [6.07, 6.45) is 4.85. The van der Waals surface area contributed by atoms with Gasteiger partial charge in [0, 0.05) is 23.9 Å². The minimum atomic E-state index is -0.146. The van der Waals surface area contributed by atoms with E-state index in [1.54, 1.807) is 31.6 Å². The summed E-state index contributed by atoms with van der Waals surface area (Å²) in [5.74, 6) is 0. The van der Waals surface area contributed by atoms with Crippen molar-refractivity contribution < 1.29 is 0 Å². The molecule has 0 spiro atoms. The summed E-state index contributed by atoms with van der Waals surface area (Å²) in [4.78, 5) is 11.0. The van der Waals surface area contributed by atoms with Gasteiger partial charge in [0.05, 0.1) is 14.5 Å². The quantitative estimate of drug-likeness (QED) is 0.663. The van der Waals surface area contributed by atoms with Gasteiger partial charge in [-0.2, -0.15) is 0 Å². The minimum absolute atomic E-state index is 0.0793. The van der Waals surface area contributed by atoms with E-state index in [1.807, 2.05) is 0 Å². The molecule has 0 saturated carbocycles. The number of aromatic nitrogens is 1. The number of nitrogens with zero attached hydrogens (tertiary/aromatic N) is 1. The molecule has 1 unspecified atom stereocenters. The van der Waals surface area contributed by atoms with E-state index in [0.717, 1.165) is 4.48 Å². The fourth-order valence-electron chi connectivity index (χ4n) is 1.14. The Bertz CT molecular complexity index is 558. The Morgan fingerprint density at radius 3 is 2.53 bits per heavy atom. The summed E-state index contributed by atoms with van der Waals surface area (Å²) < 4.78 is 2.78. The van der Waals surface area contributed by atoms with Gasteiger partial charge in [0.1, 0.15) is 6.17 Å². The molecule has 0 amide bonds. The maximum Gasteiger partial charge on any atom is 0.264 e. The van der Waals surface area contributed by atoms with Crippen molar-refractivity contribution in [2.75, 3.05) is 0 Å². The van der Waals surface area contributed by atoms with Crippen molar-refractivity contribution >= 4 is 55.1 Å². The molecule has 0 radical (unpaired) electrons. The second kappa shape index (κ2) is 7.50. The van der Waals surface area contributed by atoms with Crippen LogP contribution in [0.1, 0.15) is 0 Å². The van der Waals surface area contributed by atoms with Crippen LogP contribution in [0.2, 0.25) is 5.02 Å². The predicted octanol–water partition coefficient (Wildman–Crippen LogP) is 3.03. The van der Waals surface area contributed by atoms with Crippen LogP contribution in [0.4, 0.5) is 0 Å². The van der Waals surface area contributed by atoms with Crippen LogP contribution in [0, 0.1) is 0 Å². The summed E-state index contributed by atoms with van der Waals surface area (Å²) in [7, 11) is 1.65. The van der Waals surface area contributed by atoms with Gasteiger partial charge in [-0.25, -0.2) is 0 Å². The first-order valence-corrected chi connectivity index (χ1v) is 7.41. The zero-order valence-corrected chi connectivity index (χ0v) is 14.5. The van der Waals surface area contributed by atoms with Crippen LogP contribution in [-0.2, 0) is 7.05 Å². The van der Waals surface area contributed by atoms with Crippen molar-refractivity contribution in [3.8, 4) is 0 Å². The molecule has 8 heteroatoms. The Labute approximate surface area is 137 Å². The number of pyridine rings is 1. The van der Waals surface area contributed by atoms with E-state index in [2.05, 4.69) is 37.2 Å². The molecule has 1 aliphatic rings. The highest BCUT2D eigenvalue weighted by Crippen LogP contribution is 2.17. The number of nitrogens with one attached hydrogen (secondary N) is 1. The molecule has 0 saturated heterocycles. The number of halogens is 4. The molecule has 1 aromatic heterocycles. The van der Waals surface area contributed by atoms with E-state index < -0.39 is 0 Å².